The molecule has 0 saturated heterocycles. The van der Waals surface area contributed by atoms with E-state index in [1.165, 1.54) is 0 Å². The first-order valence-electron chi connectivity index (χ1n) is 5.62. The second-order valence-corrected chi connectivity index (χ2v) is 3.49. The Balaban J connectivity index is 4.42. The van der Waals surface area contributed by atoms with Gasteiger partial charge >= 0.3 is 12.0 Å². The lowest BCUT2D eigenvalue weighted by Gasteiger charge is -2.22. The number of urea groups is 1. The molecule has 104 valence electrons. The summed E-state index contributed by atoms with van der Waals surface area (Å²) in [4.78, 5) is 34.7. The number of likely N-dealkylation sites (N-methyl/N-ethyl adjacent to an activating group) is 2. The van der Waals surface area contributed by atoms with E-state index in [9.17, 15) is 14.4 Å². The van der Waals surface area contributed by atoms with Crippen molar-refractivity contribution in [3.63, 3.8) is 0 Å². The highest BCUT2D eigenvalue weighted by molar-refractivity contribution is 5.86. The fourth-order valence-electron chi connectivity index (χ4n) is 1.18. The van der Waals surface area contributed by atoms with Crippen molar-refractivity contribution >= 4 is 17.9 Å². The van der Waals surface area contributed by atoms with Crippen LogP contribution < -0.4 is 10.6 Å². The highest BCUT2D eigenvalue weighted by atomic mass is 16.4. The van der Waals surface area contributed by atoms with Gasteiger partial charge in [-0.1, -0.05) is 0 Å². The summed E-state index contributed by atoms with van der Waals surface area (Å²) in [5, 5.41) is 22.1. The molecular formula is C10H19N3O5. The van der Waals surface area contributed by atoms with Crippen molar-refractivity contribution < 1.29 is 24.6 Å². The summed E-state index contributed by atoms with van der Waals surface area (Å²) in [6, 6.07) is -2.08. The van der Waals surface area contributed by atoms with Crippen LogP contribution in [-0.4, -0.2) is 65.3 Å². The predicted octanol–water partition coefficient (Wildman–Crippen LogP) is -1.40. The standard InChI is InChI=1S/C10H19N3O5/c1-3-11-8(15)5-13(4-2)10(18)12-7(6-14)9(16)17/h7,14H,3-6H2,1-2H3,(H,11,15)(H,12,18)(H,16,17). The van der Waals surface area contributed by atoms with E-state index < -0.39 is 24.6 Å². The molecule has 0 aromatic heterocycles. The number of aliphatic carboxylic acids is 1. The third kappa shape index (κ3) is 5.48. The van der Waals surface area contributed by atoms with Crippen molar-refractivity contribution in [3.8, 4) is 0 Å². The maximum absolute atomic E-state index is 11.6. The summed E-state index contributed by atoms with van der Waals surface area (Å²) in [6.07, 6.45) is 0. The smallest absolute Gasteiger partial charge is 0.328 e. The molecule has 18 heavy (non-hydrogen) atoms. The van der Waals surface area contributed by atoms with Crippen LogP contribution in [0.3, 0.4) is 0 Å². The molecule has 8 heteroatoms. The number of carboxylic acids is 1. The minimum Gasteiger partial charge on any atom is -0.480 e. The summed E-state index contributed by atoms with van der Waals surface area (Å²) >= 11 is 0. The molecule has 8 nitrogen and oxygen atoms in total. The van der Waals surface area contributed by atoms with E-state index in [0.717, 1.165) is 4.90 Å². The molecule has 0 aromatic rings. The van der Waals surface area contributed by atoms with Crippen LogP contribution in [0.15, 0.2) is 0 Å². The van der Waals surface area contributed by atoms with Crippen molar-refractivity contribution in [3.05, 3.63) is 0 Å². The molecule has 1 unspecified atom stereocenters. The number of carboxylic acid groups (broad SMARTS) is 1. The highest BCUT2D eigenvalue weighted by Gasteiger charge is 2.22. The van der Waals surface area contributed by atoms with Crippen molar-refractivity contribution in [1.29, 1.82) is 0 Å². The average molecular weight is 261 g/mol. The fourth-order valence-corrected chi connectivity index (χ4v) is 1.18. The lowest BCUT2D eigenvalue weighted by Crippen LogP contribution is -2.51. The molecule has 0 aliphatic carbocycles. The summed E-state index contributed by atoms with van der Waals surface area (Å²) in [5.74, 6) is -1.66. The topological polar surface area (TPSA) is 119 Å². The lowest BCUT2D eigenvalue weighted by molar-refractivity contribution is -0.140. The minimum absolute atomic E-state index is 0.159. The van der Waals surface area contributed by atoms with E-state index in [1.807, 2.05) is 0 Å². The molecule has 0 aromatic carbocycles. The van der Waals surface area contributed by atoms with Gasteiger partial charge < -0.3 is 25.7 Å². The van der Waals surface area contributed by atoms with Gasteiger partial charge in [-0.2, -0.15) is 0 Å². The Morgan fingerprint density at radius 2 is 1.89 bits per heavy atom. The highest BCUT2D eigenvalue weighted by Crippen LogP contribution is 1.92. The van der Waals surface area contributed by atoms with Gasteiger partial charge in [0.25, 0.3) is 0 Å². The van der Waals surface area contributed by atoms with Gasteiger partial charge in [0.1, 0.15) is 6.54 Å². The zero-order valence-electron chi connectivity index (χ0n) is 10.5. The van der Waals surface area contributed by atoms with E-state index in [2.05, 4.69) is 10.6 Å². The van der Waals surface area contributed by atoms with Crippen molar-refractivity contribution in [2.45, 2.75) is 19.9 Å². The largest absolute Gasteiger partial charge is 0.480 e. The van der Waals surface area contributed by atoms with Gasteiger partial charge in [-0.15, -0.1) is 0 Å². The minimum atomic E-state index is -1.37. The average Bonchev–Trinajstić information content (AvgIpc) is 2.32. The van der Waals surface area contributed by atoms with Gasteiger partial charge in [0.2, 0.25) is 5.91 Å². The van der Waals surface area contributed by atoms with Crippen LogP contribution in [0.4, 0.5) is 4.79 Å². The number of aliphatic hydroxyl groups excluding tert-OH is 1. The molecule has 0 heterocycles. The summed E-state index contributed by atoms with van der Waals surface area (Å²) in [6.45, 7) is 3.24. The molecular weight excluding hydrogens is 242 g/mol. The Hall–Kier alpha value is -1.83. The number of nitrogens with zero attached hydrogens (tertiary/aromatic N) is 1. The second kappa shape index (κ2) is 8.29. The number of rotatable bonds is 7. The third-order valence-corrected chi connectivity index (χ3v) is 2.16. The first-order valence-corrected chi connectivity index (χ1v) is 5.62. The van der Waals surface area contributed by atoms with Crippen LogP contribution in [0.25, 0.3) is 0 Å². The number of hydrogen-bond donors (Lipinski definition) is 4. The molecule has 0 fully saturated rings. The number of aliphatic hydroxyl groups is 1. The Labute approximate surface area is 105 Å². The molecule has 1 atom stereocenters. The SMILES string of the molecule is CCNC(=O)CN(CC)C(=O)NC(CO)C(=O)O. The molecule has 0 saturated carbocycles. The maximum Gasteiger partial charge on any atom is 0.328 e. The Kier molecular flexibility index (Phi) is 7.45. The first kappa shape index (κ1) is 16.2. The number of hydrogen-bond acceptors (Lipinski definition) is 4. The van der Waals surface area contributed by atoms with Gasteiger partial charge in [0, 0.05) is 13.1 Å². The monoisotopic (exact) mass is 261 g/mol. The Morgan fingerprint density at radius 1 is 1.28 bits per heavy atom. The quantitative estimate of drug-likeness (QED) is 0.449. The fraction of sp³-hybridized carbons (Fsp3) is 0.700. The molecule has 3 amide bonds. The summed E-state index contributed by atoms with van der Waals surface area (Å²) < 4.78 is 0. The molecule has 0 spiro atoms. The Morgan fingerprint density at radius 3 is 2.28 bits per heavy atom. The number of carbonyl (C=O) groups is 3. The predicted molar refractivity (Wildman–Crippen MR) is 63.0 cm³/mol. The zero-order chi connectivity index (χ0) is 14.1. The molecule has 0 bridgehead atoms. The van der Waals surface area contributed by atoms with E-state index >= 15 is 0 Å². The van der Waals surface area contributed by atoms with E-state index in [1.54, 1.807) is 13.8 Å². The third-order valence-electron chi connectivity index (χ3n) is 2.16. The number of amides is 3. The molecule has 0 rings (SSSR count). The van der Waals surface area contributed by atoms with Gasteiger partial charge in [0.15, 0.2) is 6.04 Å². The normalized spacial score (nSPS) is 11.5. The van der Waals surface area contributed by atoms with Crippen LogP contribution in [0.5, 0.6) is 0 Å². The van der Waals surface area contributed by atoms with Crippen LogP contribution >= 0.6 is 0 Å². The van der Waals surface area contributed by atoms with E-state index in [0.29, 0.717) is 6.54 Å². The van der Waals surface area contributed by atoms with Gasteiger partial charge in [-0.3, -0.25) is 4.79 Å². The van der Waals surface area contributed by atoms with Crippen LogP contribution in [-0.2, 0) is 9.59 Å². The zero-order valence-corrected chi connectivity index (χ0v) is 10.5. The van der Waals surface area contributed by atoms with Gasteiger partial charge in [0.05, 0.1) is 6.61 Å². The maximum atomic E-state index is 11.6. The molecule has 0 aliphatic heterocycles. The Bertz CT molecular complexity index is 308. The van der Waals surface area contributed by atoms with Crippen LogP contribution in [0.1, 0.15) is 13.8 Å². The van der Waals surface area contributed by atoms with E-state index in [4.69, 9.17) is 10.2 Å². The van der Waals surface area contributed by atoms with Crippen LogP contribution in [0, 0.1) is 0 Å². The first-order chi connectivity index (χ1) is 8.46. The summed E-state index contributed by atoms with van der Waals surface area (Å²) in [5.41, 5.74) is 0. The second-order valence-electron chi connectivity index (χ2n) is 3.49. The van der Waals surface area contributed by atoms with Crippen LogP contribution in [0.2, 0.25) is 0 Å². The molecule has 0 radical (unpaired) electrons. The van der Waals surface area contributed by atoms with Gasteiger partial charge in [-0.25, -0.2) is 9.59 Å². The molecule has 0 aliphatic rings. The van der Waals surface area contributed by atoms with Crippen molar-refractivity contribution in [2.75, 3.05) is 26.2 Å². The summed E-state index contributed by atoms with van der Waals surface area (Å²) in [7, 11) is 0. The lowest BCUT2D eigenvalue weighted by atomic mass is 10.3. The number of nitrogens with one attached hydrogen (secondary N) is 2. The molecule has 4 N–H and O–H groups in total. The van der Waals surface area contributed by atoms with Crippen molar-refractivity contribution in [2.24, 2.45) is 0 Å². The van der Waals surface area contributed by atoms with Crippen molar-refractivity contribution in [1.82, 2.24) is 15.5 Å². The number of carbonyl (C=O) groups excluding carboxylic acids is 2. The van der Waals surface area contributed by atoms with Gasteiger partial charge in [-0.05, 0) is 13.8 Å². The van der Waals surface area contributed by atoms with E-state index in [-0.39, 0.29) is 19.0 Å².